The summed E-state index contributed by atoms with van der Waals surface area (Å²) in [5, 5.41) is 0. The Balaban J connectivity index is 1.81. The molecule has 0 spiro atoms. The number of carbonyl (C=O) groups excluding carboxylic acids is 1. The van der Waals surface area contributed by atoms with Crippen molar-refractivity contribution >= 4 is 11.7 Å². The van der Waals surface area contributed by atoms with E-state index in [9.17, 15) is 4.79 Å². The molecule has 0 fully saturated rings. The molecule has 0 saturated carbocycles. The molecule has 0 unspecified atom stereocenters. The second kappa shape index (κ2) is 7.72. The van der Waals surface area contributed by atoms with Crippen molar-refractivity contribution in [2.24, 2.45) is 4.99 Å². The minimum absolute atomic E-state index is 0.331. The maximum atomic E-state index is 12.0. The van der Waals surface area contributed by atoms with Crippen molar-refractivity contribution in [3.05, 3.63) is 82.8 Å². The van der Waals surface area contributed by atoms with Gasteiger partial charge in [-0.05, 0) is 49.8 Å². The van der Waals surface area contributed by atoms with E-state index in [1.165, 1.54) is 0 Å². The summed E-state index contributed by atoms with van der Waals surface area (Å²) in [6.45, 7) is 2.14. The highest BCUT2D eigenvalue weighted by molar-refractivity contribution is 6.15. The van der Waals surface area contributed by atoms with Crippen LogP contribution in [0.4, 0.5) is 0 Å². The Kier molecular flexibility index (Phi) is 4.98. The predicted octanol–water partition coefficient (Wildman–Crippen LogP) is 4.66. The molecule has 142 valence electrons. The minimum atomic E-state index is -0.331. The predicted molar refractivity (Wildman–Crippen MR) is 107 cm³/mol. The molecule has 0 amide bonds. The Morgan fingerprint density at radius 2 is 2.00 bits per heavy atom. The fraction of sp³-hybridized carbons (Fsp3) is 0.217. The number of methoxy groups -OCH3 is 1. The van der Waals surface area contributed by atoms with Crippen LogP contribution in [0.15, 0.2) is 71.1 Å². The summed E-state index contributed by atoms with van der Waals surface area (Å²) in [7, 11) is 1.64. The van der Waals surface area contributed by atoms with Gasteiger partial charge in [-0.15, -0.1) is 0 Å². The Morgan fingerprint density at radius 1 is 1.18 bits per heavy atom. The lowest BCUT2D eigenvalue weighted by Gasteiger charge is -2.14. The van der Waals surface area contributed by atoms with E-state index < -0.39 is 0 Å². The van der Waals surface area contributed by atoms with Gasteiger partial charge in [0.25, 0.3) is 0 Å². The summed E-state index contributed by atoms with van der Waals surface area (Å²) < 4.78 is 16.7. The molecule has 1 aliphatic heterocycles. The molecule has 0 radical (unpaired) electrons. The SMILES string of the molecule is CCOC(=O)c1ccc(C2=NC3=C(CCC=C3)Oc3ccc(OC)cc32)cc1. The van der Waals surface area contributed by atoms with Crippen molar-refractivity contribution in [2.45, 2.75) is 19.8 Å². The van der Waals surface area contributed by atoms with Crippen LogP contribution in [-0.4, -0.2) is 25.4 Å². The highest BCUT2D eigenvalue weighted by Crippen LogP contribution is 2.35. The maximum Gasteiger partial charge on any atom is 0.338 e. The summed E-state index contributed by atoms with van der Waals surface area (Å²) in [4.78, 5) is 16.9. The molecule has 5 nitrogen and oxygen atoms in total. The van der Waals surface area contributed by atoms with Gasteiger partial charge in [0.05, 0.1) is 25.0 Å². The summed E-state index contributed by atoms with van der Waals surface area (Å²) in [6, 6.07) is 13.0. The Labute approximate surface area is 164 Å². The smallest absolute Gasteiger partial charge is 0.338 e. The standard InChI is InChI=1S/C23H21NO4/c1-3-27-23(25)16-10-8-15(9-11-16)22-18-14-17(26-2)12-13-20(18)28-21-7-5-4-6-19(21)24-22/h4,6,8-14H,3,5,7H2,1-2H3. The first-order valence-corrected chi connectivity index (χ1v) is 9.32. The topological polar surface area (TPSA) is 57.1 Å². The van der Waals surface area contributed by atoms with E-state index in [1.807, 2.05) is 36.4 Å². The van der Waals surface area contributed by atoms with E-state index in [0.717, 1.165) is 52.6 Å². The fourth-order valence-electron chi connectivity index (χ4n) is 3.26. The van der Waals surface area contributed by atoms with Crippen LogP contribution >= 0.6 is 0 Å². The van der Waals surface area contributed by atoms with Crippen molar-refractivity contribution in [3.8, 4) is 11.5 Å². The number of hydrogen-bond acceptors (Lipinski definition) is 5. The number of hydrogen-bond donors (Lipinski definition) is 0. The van der Waals surface area contributed by atoms with E-state index in [4.69, 9.17) is 19.2 Å². The van der Waals surface area contributed by atoms with Crippen LogP contribution in [0, 0.1) is 0 Å². The first-order valence-electron chi connectivity index (χ1n) is 9.32. The minimum Gasteiger partial charge on any atom is -0.497 e. The van der Waals surface area contributed by atoms with Crippen molar-refractivity contribution in [2.75, 3.05) is 13.7 Å². The quantitative estimate of drug-likeness (QED) is 0.729. The lowest BCUT2D eigenvalue weighted by molar-refractivity contribution is 0.0526. The summed E-state index contributed by atoms with van der Waals surface area (Å²) >= 11 is 0. The average molecular weight is 375 g/mol. The first kappa shape index (κ1) is 18.0. The fourth-order valence-corrected chi connectivity index (χ4v) is 3.26. The molecule has 1 aliphatic carbocycles. The van der Waals surface area contributed by atoms with Gasteiger partial charge in [-0.3, -0.25) is 0 Å². The molecule has 4 rings (SSSR count). The molecule has 0 bridgehead atoms. The molecule has 2 aromatic rings. The van der Waals surface area contributed by atoms with Crippen LogP contribution in [0.2, 0.25) is 0 Å². The van der Waals surface area contributed by atoms with Crippen LogP contribution in [0.5, 0.6) is 11.5 Å². The molecule has 0 aromatic heterocycles. The third kappa shape index (κ3) is 3.43. The average Bonchev–Trinajstić information content (AvgIpc) is 2.90. The van der Waals surface area contributed by atoms with Crippen LogP contribution in [-0.2, 0) is 4.74 Å². The third-order valence-electron chi connectivity index (χ3n) is 4.68. The highest BCUT2D eigenvalue weighted by atomic mass is 16.5. The van der Waals surface area contributed by atoms with Crippen LogP contribution < -0.4 is 9.47 Å². The van der Waals surface area contributed by atoms with Crippen molar-refractivity contribution in [3.63, 3.8) is 0 Å². The highest BCUT2D eigenvalue weighted by Gasteiger charge is 2.22. The molecule has 2 aliphatic rings. The van der Waals surface area contributed by atoms with Gasteiger partial charge in [-0.25, -0.2) is 9.79 Å². The van der Waals surface area contributed by atoms with E-state index in [1.54, 1.807) is 26.2 Å². The maximum absolute atomic E-state index is 12.0. The largest absolute Gasteiger partial charge is 0.497 e. The normalized spacial score (nSPS) is 15.0. The zero-order valence-corrected chi connectivity index (χ0v) is 15.9. The van der Waals surface area contributed by atoms with E-state index in [-0.39, 0.29) is 5.97 Å². The van der Waals surface area contributed by atoms with Gasteiger partial charge in [-0.2, -0.15) is 0 Å². The van der Waals surface area contributed by atoms with Gasteiger partial charge in [-0.1, -0.05) is 18.2 Å². The van der Waals surface area contributed by atoms with Gasteiger partial charge in [0.15, 0.2) is 0 Å². The van der Waals surface area contributed by atoms with Crippen LogP contribution in [0.25, 0.3) is 0 Å². The van der Waals surface area contributed by atoms with Gasteiger partial charge < -0.3 is 14.2 Å². The Hall–Kier alpha value is -3.34. The molecule has 2 aromatic carbocycles. The second-order valence-electron chi connectivity index (χ2n) is 6.47. The van der Waals surface area contributed by atoms with Crippen molar-refractivity contribution in [1.29, 1.82) is 0 Å². The molecule has 0 saturated heterocycles. The van der Waals surface area contributed by atoms with E-state index >= 15 is 0 Å². The Bertz CT molecular complexity index is 1000. The molecule has 0 N–H and O–H groups in total. The number of allylic oxidation sites excluding steroid dienone is 3. The summed E-state index contributed by atoms with van der Waals surface area (Å²) in [5.74, 6) is 2.01. The third-order valence-corrected chi connectivity index (χ3v) is 4.68. The molecular formula is C23H21NO4. The van der Waals surface area contributed by atoms with Gasteiger partial charge in [0, 0.05) is 17.5 Å². The lowest BCUT2D eigenvalue weighted by atomic mass is 9.99. The molecule has 1 heterocycles. The van der Waals surface area contributed by atoms with Crippen LogP contribution in [0.1, 0.15) is 41.3 Å². The van der Waals surface area contributed by atoms with Gasteiger partial charge in [0.2, 0.25) is 0 Å². The second-order valence-corrected chi connectivity index (χ2v) is 6.47. The monoisotopic (exact) mass is 375 g/mol. The summed E-state index contributed by atoms with van der Waals surface area (Å²) in [5.41, 5.74) is 3.86. The number of rotatable bonds is 4. The number of fused-ring (bicyclic) bond motifs is 1. The van der Waals surface area contributed by atoms with Gasteiger partial charge >= 0.3 is 5.97 Å². The van der Waals surface area contributed by atoms with E-state index in [0.29, 0.717) is 12.2 Å². The number of carbonyl (C=O) groups is 1. The lowest BCUT2D eigenvalue weighted by Crippen LogP contribution is -2.07. The molecule has 5 heteroatoms. The number of esters is 1. The zero-order chi connectivity index (χ0) is 19.5. The number of ether oxygens (including phenoxy) is 3. The summed E-state index contributed by atoms with van der Waals surface area (Å²) in [6.07, 6.45) is 5.85. The first-order chi connectivity index (χ1) is 13.7. The Morgan fingerprint density at radius 3 is 2.75 bits per heavy atom. The van der Waals surface area contributed by atoms with Crippen LogP contribution in [0.3, 0.4) is 0 Å². The van der Waals surface area contributed by atoms with E-state index in [2.05, 4.69) is 6.08 Å². The number of benzene rings is 2. The number of nitrogens with zero attached hydrogens (tertiary/aromatic N) is 1. The zero-order valence-electron chi connectivity index (χ0n) is 15.9. The van der Waals surface area contributed by atoms with Crippen molar-refractivity contribution < 1.29 is 19.0 Å². The van der Waals surface area contributed by atoms with Crippen molar-refractivity contribution in [1.82, 2.24) is 0 Å². The molecule has 0 atom stereocenters. The molecular weight excluding hydrogens is 354 g/mol. The molecule has 28 heavy (non-hydrogen) atoms. The number of aliphatic imine (C=N–C) groups is 1. The van der Waals surface area contributed by atoms with Gasteiger partial charge in [0.1, 0.15) is 23.0 Å².